The van der Waals surface area contributed by atoms with Crippen LogP contribution in [0.5, 0.6) is 0 Å². The average Bonchev–Trinajstić information content (AvgIpc) is 2.59. The second-order valence-electron chi connectivity index (χ2n) is 10.1. The maximum atomic E-state index is 11.5. The monoisotopic (exact) mass is 370 g/mol. The molecular weight excluding hydrogens is 336 g/mol. The van der Waals surface area contributed by atoms with E-state index in [1.54, 1.807) is 0 Å². The van der Waals surface area contributed by atoms with Gasteiger partial charge in [0.1, 0.15) is 0 Å². The smallest absolute Gasteiger partial charge is 0.210 e. The van der Waals surface area contributed by atoms with Crippen LogP contribution in [0.1, 0.15) is 88.1 Å². The van der Waals surface area contributed by atoms with Gasteiger partial charge >= 0.3 is 0 Å². The van der Waals surface area contributed by atoms with Crippen molar-refractivity contribution in [1.29, 1.82) is 0 Å². The zero-order valence-electron chi connectivity index (χ0n) is 17.2. The maximum Gasteiger partial charge on any atom is 0.210 e. The highest BCUT2D eigenvalue weighted by Gasteiger charge is 2.59. The van der Waals surface area contributed by atoms with E-state index in [9.17, 15) is 9.90 Å². The Morgan fingerprint density at radius 3 is 2.48 bits per heavy atom. The Morgan fingerprint density at radius 1 is 1.26 bits per heavy atom. The van der Waals surface area contributed by atoms with Gasteiger partial charge in [-0.2, -0.15) is 0 Å². The van der Waals surface area contributed by atoms with E-state index in [0.29, 0.717) is 23.8 Å². The molecule has 1 saturated heterocycles. The number of aromatic nitrogens is 1. The van der Waals surface area contributed by atoms with Crippen molar-refractivity contribution in [2.45, 2.75) is 89.7 Å². The maximum absolute atomic E-state index is 11.5. The molecule has 4 rings (SSSR count). The summed E-state index contributed by atoms with van der Waals surface area (Å²) in [6, 6.07) is 4.80. The van der Waals surface area contributed by atoms with Gasteiger partial charge in [-0.1, -0.05) is 19.9 Å². The van der Waals surface area contributed by atoms with Crippen LogP contribution in [-0.4, -0.2) is 39.6 Å². The van der Waals surface area contributed by atoms with Crippen LogP contribution >= 0.6 is 0 Å². The van der Waals surface area contributed by atoms with Crippen LogP contribution in [0.3, 0.4) is 0 Å². The first-order valence-corrected chi connectivity index (χ1v) is 10.7. The molecule has 1 amide bonds. The fourth-order valence-electron chi connectivity index (χ4n) is 6.28. The van der Waals surface area contributed by atoms with Gasteiger partial charge in [0.15, 0.2) is 0 Å². The van der Waals surface area contributed by atoms with Crippen molar-refractivity contribution in [3.63, 3.8) is 0 Å². The second-order valence-corrected chi connectivity index (χ2v) is 10.1. The van der Waals surface area contributed by atoms with Gasteiger partial charge in [0.2, 0.25) is 6.41 Å². The highest BCUT2D eigenvalue weighted by atomic mass is 16.3. The predicted octanol–water partition coefficient (Wildman–Crippen LogP) is 4.16. The molecule has 148 valence electrons. The lowest BCUT2D eigenvalue weighted by atomic mass is 9.53. The molecule has 4 nitrogen and oxygen atoms in total. The minimum Gasteiger partial charge on any atom is -0.390 e. The molecule has 2 aliphatic carbocycles. The van der Waals surface area contributed by atoms with Crippen LogP contribution in [0.4, 0.5) is 0 Å². The number of likely N-dealkylation sites (tertiary alicyclic amines) is 1. The summed E-state index contributed by atoms with van der Waals surface area (Å²) >= 11 is 0. The molecule has 0 aromatic carbocycles. The number of carbonyl (C=O) groups is 1. The summed E-state index contributed by atoms with van der Waals surface area (Å²) in [4.78, 5) is 18.5. The molecule has 4 heteroatoms. The van der Waals surface area contributed by atoms with Gasteiger partial charge < -0.3 is 10.0 Å². The summed E-state index contributed by atoms with van der Waals surface area (Å²) in [5.41, 5.74) is 3.54. The van der Waals surface area contributed by atoms with Gasteiger partial charge in [-0.05, 0) is 75.8 Å². The van der Waals surface area contributed by atoms with E-state index in [-0.39, 0.29) is 5.41 Å². The van der Waals surface area contributed by atoms with Crippen molar-refractivity contribution in [2.24, 2.45) is 11.3 Å². The molecule has 3 fully saturated rings. The largest absolute Gasteiger partial charge is 0.390 e. The Hall–Kier alpha value is -1.42. The van der Waals surface area contributed by atoms with Crippen molar-refractivity contribution >= 4 is 6.41 Å². The highest BCUT2D eigenvalue weighted by molar-refractivity contribution is 5.51. The standard InChI is InChI=1S/C23H34N2O2/c1-15(2)20-16(3)5-6-19(24-20)17-7-9-23(10-8-17)13-25(14-26)21(23)18-11-22(4,27)12-18/h5-6,14-15,17-18,21,27H,7-13H2,1-4H3/t17?,18?,21-,22?,23?/m0/s1. The van der Waals surface area contributed by atoms with Crippen molar-refractivity contribution < 1.29 is 9.90 Å². The number of carbonyl (C=O) groups excluding carboxylic acids is 1. The van der Waals surface area contributed by atoms with Crippen molar-refractivity contribution in [2.75, 3.05) is 6.54 Å². The lowest BCUT2D eigenvalue weighted by Crippen LogP contribution is -2.70. The van der Waals surface area contributed by atoms with Gasteiger partial charge in [0.25, 0.3) is 0 Å². The zero-order valence-corrected chi connectivity index (χ0v) is 17.2. The Balaban J connectivity index is 1.45. The molecule has 2 heterocycles. The topological polar surface area (TPSA) is 53.4 Å². The number of rotatable bonds is 4. The quantitative estimate of drug-likeness (QED) is 0.810. The Kier molecular flexibility index (Phi) is 4.61. The number of pyridine rings is 1. The van der Waals surface area contributed by atoms with E-state index >= 15 is 0 Å². The van der Waals surface area contributed by atoms with E-state index in [1.165, 1.54) is 42.6 Å². The molecule has 1 aromatic heterocycles. The predicted molar refractivity (Wildman–Crippen MR) is 107 cm³/mol. The molecule has 1 aliphatic heterocycles. The summed E-state index contributed by atoms with van der Waals surface area (Å²) in [5.74, 6) is 1.48. The van der Waals surface area contributed by atoms with Crippen molar-refractivity contribution in [1.82, 2.24) is 9.88 Å². The lowest BCUT2D eigenvalue weighted by Gasteiger charge is -2.64. The second kappa shape index (κ2) is 6.58. The van der Waals surface area contributed by atoms with Crippen LogP contribution in [0.15, 0.2) is 12.1 Å². The van der Waals surface area contributed by atoms with Gasteiger partial charge in [-0.25, -0.2) is 0 Å². The van der Waals surface area contributed by atoms with E-state index < -0.39 is 5.60 Å². The number of aliphatic hydroxyl groups is 1. The summed E-state index contributed by atoms with van der Waals surface area (Å²) in [6.45, 7) is 9.42. The number of hydrogen-bond donors (Lipinski definition) is 1. The van der Waals surface area contributed by atoms with Crippen LogP contribution in [0, 0.1) is 18.3 Å². The Morgan fingerprint density at radius 2 is 1.93 bits per heavy atom. The van der Waals surface area contributed by atoms with Gasteiger partial charge in [0.05, 0.1) is 5.60 Å². The summed E-state index contributed by atoms with van der Waals surface area (Å²) in [5, 5.41) is 10.2. The normalized spacial score (nSPS) is 38.6. The Labute approximate surface area is 163 Å². The van der Waals surface area contributed by atoms with Crippen LogP contribution in [-0.2, 0) is 4.79 Å². The molecule has 1 aromatic rings. The molecule has 0 bridgehead atoms. The fourth-order valence-corrected chi connectivity index (χ4v) is 6.28. The lowest BCUT2D eigenvalue weighted by molar-refractivity contribution is -0.182. The van der Waals surface area contributed by atoms with Crippen LogP contribution in [0.2, 0.25) is 0 Å². The molecule has 0 radical (unpaired) electrons. The third-order valence-corrected chi connectivity index (χ3v) is 7.57. The minimum atomic E-state index is -0.522. The third-order valence-electron chi connectivity index (χ3n) is 7.57. The van der Waals surface area contributed by atoms with E-state index in [2.05, 4.69) is 32.9 Å². The fraction of sp³-hybridized carbons (Fsp3) is 0.739. The number of nitrogens with zero attached hydrogens (tertiary/aromatic N) is 2. The van der Waals surface area contributed by atoms with Gasteiger partial charge in [-0.15, -0.1) is 0 Å². The third kappa shape index (κ3) is 3.20. The molecule has 27 heavy (non-hydrogen) atoms. The van der Waals surface area contributed by atoms with Crippen LogP contribution < -0.4 is 0 Å². The first-order valence-electron chi connectivity index (χ1n) is 10.7. The van der Waals surface area contributed by atoms with E-state index in [1.807, 2.05) is 11.8 Å². The van der Waals surface area contributed by atoms with Crippen LogP contribution in [0.25, 0.3) is 0 Å². The van der Waals surface area contributed by atoms with Gasteiger partial charge in [0, 0.05) is 35.3 Å². The molecule has 0 unspecified atom stereocenters. The SMILES string of the molecule is Cc1ccc(C2CCC3(CC2)CN(C=O)[C@H]3C2CC(C)(O)C2)nc1C(C)C. The minimum absolute atomic E-state index is 0.282. The number of amides is 1. The number of hydrogen-bond acceptors (Lipinski definition) is 3. The summed E-state index contributed by atoms with van der Waals surface area (Å²) in [6.07, 6.45) is 7.40. The van der Waals surface area contributed by atoms with Crippen molar-refractivity contribution in [3.8, 4) is 0 Å². The first kappa shape index (κ1) is 18.9. The molecule has 1 spiro atoms. The van der Waals surface area contributed by atoms with E-state index in [0.717, 1.165) is 25.8 Å². The highest BCUT2D eigenvalue weighted by Crippen LogP contribution is 2.58. The first-order chi connectivity index (χ1) is 12.7. The summed E-state index contributed by atoms with van der Waals surface area (Å²) in [7, 11) is 0. The average molecular weight is 371 g/mol. The molecule has 1 N–H and O–H groups in total. The van der Waals surface area contributed by atoms with Gasteiger partial charge in [-0.3, -0.25) is 9.78 Å². The summed E-state index contributed by atoms with van der Waals surface area (Å²) < 4.78 is 0. The molecule has 1 atom stereocenters. The Bertz CT molecular complexity index is 711. The van der Waals surface area contributed by atoms with E-state index in [4.69, 9.17) is 4.98 Å². The molecule has 3 aliphatic rings. The van der Waals surface area contributed by atoms with Crippen molar-refractivity contribution in [3.05, 3.63) is 29.1 Å². The molecule has 2 saturated carbocycles. The zero-order chi connectivity index (χ0) is 19.4. The number of aryl methyl sites for hydroxylation is 1. The molecular formula is C23H34N2O2.